The Kier molecular flexibility index (Phi) is 4.74. The highest BCUT2D eigenvalue weighted by atomic mass is 79.9. The first-order valence-corrected chi connectivity index (χ1v) is 6.82. The molecule has 0 saturated carbocycles. The Morgan fingerprint density at radius 3 is 2.71 bits per heavy atom. The Bertz CT molecular complexity index is 398. The largest absolute Gasteiger partial charge is 0.351 e. The summed E-state index contributed by atoms with van der Waals surface area (Å²) < 4.78 is 1.71. The van der Waals surface area contributed by atoms with Crippen LogP contribution in [0.4, 0.5) is 0 Å². The van der Waals surface area contributed by atoms with E-state index in [2.05, 4.69) is 40.2 Å². The van der Waals surface area contributed by atoms with Gasteiger partial charge >= 0.3 is 0 Å². The van der Waals surface area contributed by atoms with Gasteiger partial charge in [0.25, 0.3) is 5.91 Å². The Hall–Kier alpha value is -0.840. The van der Waals surface area contributed by atoms with Gasteiger partial charge in [-0.3, -0.25) is 9.48 Å². The Morgan fingerprint density at radius 1 is 1.59 bits per heavy atom. The number of rotatable bonds is 5. The van der Waals surface area contributed by atoms with Gasteiger partial charge in [-0.1, -0.05) is 29.8 Å². The molecule has 96 valence electrons. The van der Waals surface area contributed by atoms with E-state index in [-0.39, 0.29) is 11.3 Å². The van der Waals surface area contributed by atoms with Crippen molar-refractivity contribution in [2.24, 2.45) is 12.5 Å². The van der Waals surface area contributed by atoms with Crippen molar-refractivity contribution in [3.05, 3.63) is 17.5 Å². The maximum Gasteiger partial charge on any atom is 0.254 e. The molecule has 0 saturated heterocycles. The molecule has 0 spiro atoms. The van der Waals surface area contributed by atoms with Crippen LogP contribution in [0.1, 0.15) is 36.3 Å². The summed E-state index contributed by atoms with van der Waals surface area (Å²) in [6, 6.07) is 0. The van der Waals surface area contributed by atoms with E-state index in [1.807, 2.05) is 14.0 Å². The van der Waals surface area contributed by atoms with Crippen LogP contribution in [0.25, 0.3) is 0 Å². The molecule has 0 aliphatic carbocycles. The summed E-state index contributed by atoms with van der Waals surface area (Å²) in [5, 5.41) is 7.98. The molecular formula is C12H20BrN3O. The predicted molar refractivity (Wildman–Crippen MR) is 72.5 cm³/mol. The number of aryl methyl sites for hydroxylation is 1. The summed E-state index contributed by atoms with van der Waals surface area (Å²) in [6.07, 6.45) is 2.64. The second kappa shape index (κ2) is 5.67. The molecule has 0 aromatic carbocycles. The molecule has 1 aromatic heterocycles. The lowest BCUT2D eigenvalue weighted by molar-refractivity contribution is 0.0935. The number of aromatic nitrogens is 2. The lowest BCUT2D eigenvalue weighted by atomic mass is 9.90. The molecule has 0 bridgehead atoms. The van der Waals surface area contributed by atoms with Crippen molar-refractivity contribution < 1.29 is 4.79 Å². The van der Waals surface area contributed by atoms with Gasteiger partial charge in [0.1, 0.15) is 0 Å². The van der Waals surface area contributed by atoms with Crippen LogP contribution in [0.5, 0.6) is 0 Å². The van der Waals surface area contributed by atoms with E-state index < -0.39 is 0 Å². The lowest BCUT2D eigenvalue weighted by Crippen LogP contribution is -2.34. The number of hydrogen-bond acceptors (Lipinski definition) is 2. The first-order chi connectivity index (χ1) is 7.87. The molecule has 0 aliphatic heterocycles. The Labute approximate surface area is 111 Å². The number of halogens is 1. The Balaban J connectivity index is 2.59. The van der Waals surface area contributed by atoms with Crippen molar-refractivity contribution in [1.82, 2.24) is 15.1 Å². The van der Waals surface area contributed by atoms with E-state index in [9.17, 15) is 4.79 Å². The fourth-order valence-electron chi connectivity index (χ4n) is 1.48. The van der Waals surface area contributed by atoms with E-state index in [0.29, 0.717) is 12.1 Å². The van der Waals surface area contributed by atoms with Gasteiger partial charge in [-0.15, -0.1) is 0 Å². The van der Waals surface area contributed by atoms with E-state index >= 15 is 0 Å². The predicted octanol–water partition coefficient (Wildman–Crippen LogP) is 2.27. The van der Waals surface area contributed by atoms with Gasteiger partial charge in [0.15, 0.2) is 0 Å². The van der Waals surface area contributed by atoms with Crippen LogP contribution in [0.2, 0.25) is 0 Å². The second-order valence-electron chi connectivity index (χ2n) is 5.05. The van der Waals surface area contributed by atoms with Gasteiger partial charge in [0.05, 0.1) is 11.8 Å². The molecule has 1 N–H and O–H groups in total. The van der Waals surface area contributed by atoms with Gasteiger partial charge < -0.3 is 5.32 Å². The highest BCUT2D eigenvalue weighted by Gasteiger charge is 2.19. The number of hydrogen-bond donors (Lipinski definition) is 1. The summed E-state index contributed by atoms with van der Waals surface area (Å²) in [6.45, 7) is 6.85. The topological polar surface area (TPSA) is 46.9 Å². The van der Waals surface area contributed by atoms with Crippen molar-refractivity contribution in [2.45, 2.75) is 27.2 Å². The van der Waals surface area contributed by atoms with Gasteiger partial charge in [-0.25, -0.2) is 0 Å². The van der Waals surface area contributed by atoms with Crippen LogP contribution >= 0.6 is 15.9 Å². The zero-order chi connectivity index (χ0) is 13.1. The van der Waals surface area contributed by atoms with E-state index in [0.717, 1.165) is 17.4 Å². The highest BCUT2D eigenvalue weighted by Crippen LogP contribution is 2.20. The van der Waals surface area contributed by atoms with Crippen molar-refractivity contribution in [1.29, 1.82) is 0 Å². The molecule has 1 aromatic rings. The number of nitrogens with one attached hydrogen (secondary N) is 1. The van der Waals surface area contributed by atoms with Crippen molar-refractivity contribution in [3.63, 3.8) is 0 Å². The fraction of sp³-hybridized carbons (Fsp3) is 0.667. The normalized spacial score (nSPS) is 11.6. The molecule has 0 aliphatic rings. The smallest absolute Gasteiger partial charge is 0.254 e. The number of carbonyl (C=O) groups is 1. The fourth-order valence-corrected chi connectivity index (χ4v) is 2.55. The number of nitrogens with zero attached hydrogens (tertiary/aromatic N) is 2. The van der Waals surface area contributed by atoms with E-state index in [1.54, 1.807) is 10.9 Å². The lowest BCUT2D eigenvalue weighted by Gasteiger charge is -2.23. The van der Waals surface area contributed by atoms with Gasteiger partial charge in [0, 0.05) is 24.6 Å². The molecular weight excluding hydrogens is 282 g/mol. The molecule has 0 unspecified atom stereocenters. The van der Waals surface area contributed by atoms with Crippen LogP contribution in [0.15, 0.2) is 6.20 Å². The molecule has 0 radical (unpaired) electrons. The maximum absolute atomic E-state index is 12.0. The summed E-state index contributed by atoms with van der Waals surface area (Å²) in [5.41, 5.74) is 1.65. The van der Waals surface area contributed by atoms with Gasteiger partial charge in [0.2, 0.25) is 0 Å². The zero-order valence-corrected chi connectivity index (χ0v) is 12.5. The first kappa shape index (κ1) is 14.2. The van der Waals surface area contributed by atoms with Crippen LogP contribution < -0.4 is 5.32 Å². The Morgan fingerprint density at radius 2 is 2.24 bits per heavy atom. The second-order valence-corrected chi connectivity index (χ2v) is 5.85. The van der Waals surface area contributed by atoms with Crippen molar-refractivity contribution in [2.75, 3.05) is 11.9 Å². The number of alkyl halides is 1. The third-order valence-corrected chi connectivity index (χ3v) is 3.38. The van der Waals surface area contributed by atoms with Crippen molar-refractivity contribution >= 4 is 21.8 Å². The highest BCUT2D eigenvalue weighted by molar-refractivity contribution is 9.09. The average molecular weight is 302 g/mol. The summed E-state index contributed by atoms with van der Waals surface area (Å²) in [4.78, 5) is 12.0. The molecule has 17 heavy (non-hydrogen) atoms. The van der Waals surface area contributed by atoms with Gasteiger partial charge in [-0.2, -0.15) is 5.10 Å². The van der Waals surface area contributed by atoms with E-state index in [1.165, 1.54) is 0 Å². The maximum atomic E-state index is 12.0. The minimum absolute atomic E-state index is 0.0433. The molecule has 1 rings (SSSR count). The van der Waals surface area contributed by atoms with E-state index in [4.69, 9.17) is 0 Å². The summed E-state index contributed by atoms with van der Waals surface area (Å²) >= 11 is 3.43. The summed E-state index contributed by atoms with van der Waals surface area (Å²) in [7, 11) is 1.83. The number of amides is 1. The molecule has 0 fully saturated rings. The SMILES string of the molecule is Cc1c(C(=O)NCC(C)(C)CCBr)cnn1C. The molecule has 4 nitrogen and oxygen atoms in total. The quantitative estimate of drug-likeness (QED) is 0.848. The standard InChI is InChI=1S/C12H20BrN3O/c1-9-10(7-15-16(9)4)11(17)14-8-12(2,3)5-6-13/h7H,5-6,8H2,1-4H3,(H,14,17). The van der Waals surface area contributed by atoms with Crippen LogP contribution in [0, 0.1) is 12.3 Å². The minimum atomic E-state index is -0.0433. The zero-order valence-electron chi connectivity index (χ0n) is 10.9. The minimum Gasteiger partial charge on any atom is -0.351 e. The summed E-state index contributed by atoms with van der Waals surface area (Å²) in [5.74, 6) is -0.0433. The first-order valence-electron chi connectivity index (χ1n) is 5.70. The molecule has 5 heteroatoms. The van der Waals surface area contributed by atoms with Crippen LogP contribution in [-0.2, 0) is 7.05 Å². The van der Waals surface area contributed by atoms with Crippen LogP contribution in [-0.4, -0.2) is 27.6 Å². The van der Waals surface area contributed by atoms with Crippen LogP contribution in [0.3, 0.4) is 0 Å². The molecule has 0 atom stereocenters. The monoisotopic (exact) mass is 301 g/mol. The van der Waals surface area contributed by atoms with Gasteiger partial charge in [-0.05, 0) is 18.8 Å². The molecule has 1 heterocycles. The number of carbonyl (C=O) groups excluding carboxylic acids is 1. The van der Waals surface area contributed by atoms with Crippen molar-refractivity contribution in [3.8, 4) is 0 Å². The average Bonchev–Trinajstić information content (AvgIpc) is 2.57. The third-order valence-electron chi connectivity index (χ3n) is 2.98. The molecule has 1 amide bonds. The third kappa shape index (κ3) is 3.84.